The number of hydrogen-bond acceptors (Lipinski definition) is 4. The second-order valence-electron chi connectivity index (χ2n) is 6.07. The Hall–Kier alpha value is -2.73. The molecule has 25 heavy (non-hydrogen) atoms. The van der Waals surface area contributed by atoms with Crippen molar-refractivity contribution in [3.8, 4) is 0 Å². The van der Waals surface area contributed by atoms with Crippen molar-refractivity contribution < 1.29 is 14.7 Å². The van der Waals surface area contributed by atoms with Gasteiger partial charge >= 0.3 is 5.97 Å². The minimum absolute atomic E-state index is 0.163. The first-order valence-corrected chi connectivity index (χ1v) is 8.76. The van der Waals surface area contributed by atoms with Crippen LogP contribution in [0.2, 0.25) is 0 Å². The van der Waals surface area contributed by atoms with Crippen molar-refractivity contribution >= 4 is 33.4 Å². The summed E-state index contributed by atoms with van der Waals surface area (Å²) in [6.07, 6.45) is 0. The predicted octanol–water partition coefficient (Wildman–Crippen LogP) is 4.05. The molecule has 0 unspecified atom stereocenters. The van der Waals surface area contributed by atoms with Gasteiger partial charge in [-0.1, -0.05) is 26.0 Å². The summed E-state index contributed by atoms with van der Waals surface area (Å²) >= 11 is 1.61. The van der Waals surface area contributed by atoms with Crippen LogP contribution < -0.4 is 5.32 Å². The summed E-state index contributed by atoms with van der Waals surface area (Å²) in [6, 6.07) is 12.0. The lowest BCUT2D eigenvalue weighted by atomic mass is 10.1. The molecule has 0 saturated carbocycles. The van der Waals surface area contributed by atoms with E-state index in [2.05, 4.69) is 24.1 Å². The Kier molecular flexibility index (Phi) is 4.81. The van der Waals surface area contributed by atoms with Crippen LogP contribution in [0.25, 0.3) is 10.2 Å². The van der Waals surface area contributed by atoms with Crippen LogP contribution >= 0.6 is 11.3 Å². The third kappa shape index (κ3) is 3.85. The number of nitrogens with one attached hydrogen (secondary N) is 1. The fourth-order valence-electron chi connectivity index (χ4n) is 2.38. The summed E-state index contributed by atoms with van der Waals surface area (Å²) in [5.74, 6) is -0.763. The molecule has 1 amide bonds. The first-order valence-electron chi connectivity index (χ1n) is 7.95. The first kappa shape index (κ1) is 17.1. The Morgan fingerprint density at radius 3 is 2.44 bits per heavy atom. The zero-order valence-electron chi connectivity index (χ0n) is 13.9. The standard InChI is InChI=1S/C19H18N2O3S/c1-11(2)18-21-15-8-7-14(9-16(15)25-18)17(22)20-10-12-3-5-13(6-4-12)19(23)24/h3-9,11H,10H2,1-2H3,(H,20,22)(H,23,24). The molecule has 0 spiro atoms. The van der Waals surface area contributed by atoms with Gasteiger partial charge in [-0.3, -0.25) is 4.79 Å². The number of rotatable bonds is 5. The average Bonchev–Trinajstić information content (AvgIpc) is 3.03. The molecule has 128 valence electrons. The van der Waals surface area contributed by atoms with Crippen LogP contribution in [-0.2, 0) is 6.54 Å². The molecule has 0 bridgehead atoms. The molecular formula is C19H18N2O3S. The Morgan fingerprint density at radius 1 is 1.12 bits per heavy atom. The van der Waals surface area contributed by atoms with Crippen LogP contribution in [0, 0.1) is 0 Å². The molecule has 0 aliphatic rings. The number of aromatic nitrogens is 1. The van der Waals surface area contributed by atoms with Crippen LogP contribution in [-0.4, -0.2) is 22.0 Å². The normalized spacial score (nSPS) is 11.0. The van der Waals surface area contributed by atoms with E-state index < -0.39 is 5.97 Å². The van der Waals surface area contributed by atoms with E-state index in [1.165, 1.54) is 12.1 Å². The summed E-state index contributed by atoms with van der Waals surface area (Å²) in [4.78, 5) is 27.8. The quantitative estimate of drug-likeness (QED) is 0.724. The maximum atomic E-state index is 12.4. The van der Waals surface area contributed by atoms with Crippen molar-refractivity contribution in [1.29, 1.82) is 0 Å². The van der Waals surface area contributed by atoms with Gasteiger partial charge in [0.1, 0.15) is 0 Å². The lowest BCUT2D eigenvalue weighted by Crippen LogP contribution is -2.22. The van der Waals surface area contributed by atoms with Crippen LogP contribution in [0.5, 0.6) is 0 Å². The molecule has 0 saturated heterocycles. The third-order valence-corrected chi connectivity index (χ3v) is 5.13. The minimum Gasteiger partial charge on any atom is -0.478 e. The number of carbonyl (C=O) groups is 2. The Balaban J connectivity index is 1.70. The topological polar surface area (TPSA) is 79.3 Å². The van der Waals surface area contributed by atoms with Crippen LogP contribution in [0.4, 0.5) is 0 Å². The van der Waals surface area contributed by atoms with Gasteiger partial charge in [0.05, 0.1) is 20.8 Å². The number of carboxylic acids is 1. The average molecular weight is 354 g/mol. The maximum Gasteiger partial charge on any atom is 0.335 e. The van der Waals surface area contributed by atoms with E-state index in [1.54, 1.807) is 29.5 Å². The van der Waals surface area contributed by atoms with Crippen LogP contribution in [0.15, 0.2) is 42.5 Å². The van der Waals surface area contributed by atoms with Crippen molar-refractivity contribution in [2.45, 2.75) is 26.3 Å². The number of carboxylic acid groups (broad SMARTS) is 1. The van der Waals surface area contributed by atoms with Gasteiger partial charge < -0.3 is 10.4 Å². The van der Waals surface area contributed by atoms with Crippen molar-refractivity contribution in [3.63, 3.8) is 0 Å². The summed E-state index contributed by atoms with van der Waals surface area (Å²) in [5.41, 5.74) is 2.58. The van der Waals surface area contributed by atoms with E-state index in [0.29, 0.717) is 18.0 Å². The molecule has 2 aromatic carbocycles. The molecule has 5 nitrogen and oxygen atoms in total. The summed E-state index contributed by atoms with van der Waals surface area (Å²) in [7, 11) is 0. The third-order valence-electron chi connectivity index (χ3n) is 3.82. The highest BCUT2D eigenvalue weighted by molar-refractivity contribution is 7.18. The number of carbonyl (C=O) groups excluding carboxylic acids is 1. The lowest BCUT2D eigenvalue weighted by Gasteiger charge is -2.06. The van der Waals surface area contributed by atoms with Crippen molar-refractivity contribution in [1.82, 2.24) is 10.3 Å². The zero-order valence-corrected chi connectivity index (χ0v) is 14.8. The van der Waals surface area contributed by atoms with Crippen LogP contribution in [0.3, 0.4) is 0 Å². The smallest absolute Gasteiger partial charge is 0.335 e. The van der Waals surface area contributed by atoms with Gasteiger partial charge in [-0.2, -0.15) is 0 Å². The molecule has 0 aliphatic heterocycles. The van der Waals surface area contributed by atoms with Crippen molar-refractivity contribution in [2.24, 2.45) is 0 Å². The lowest BCUT2D eigenvalue weighted by molar-refractivity contribution is 0.0696. The summed E-state index contributed by atoms with van der Waals surface area (Å²) < 4.78 is 1.00. The van der Waals surface area contributed by atoms with Gasteiger partial charge in [-0.05, 0) is 35.9 Å². The van der Waals surface area contributed by atoms with E-state index in [-0.39, 0.29) is 11.5 Å². The molecule has 6 heteroatoms. The van der Waals surface area contributed by atoms with E-state index in [0.717, 1.165) is 20.8 Å². The minimum atomic E-state index is -0.964. The molecule has 3 aromatic rings. The second-order valence-corrected chi connectivity index (χ2v) is 7.14. The SMILES string of the molecule is CC(C)c1nc2ccc(C(=O)NCc3ccc(C(=O)O)cc3)cc2s1. The highest BCUT2D eigenvalue weighted by Crippen LogP contribution is 2.27. The molecule has 2 N–H and O–H groups in total. The second kappa shape index (κ2) is 7.03. The number of thiazole rings is 1. The number of fused-ring (bicyclic) bond motifs is 1. The highest BCUT2D eigenvalue weighted by atomic mass is 32.1. The molecule has 1 heterocycles. The van der Waals surface area contributed by atoms with Gasteiger partial charge in [0.25, 0.3) is 5.91 Å². The van der Waals surface area contributed by atoms with Gasteiger partial charge in [0.2, 0.25) is 0 Å². The van der Waals surface area contributed by atoms with Gasteiger partial charge in [-0.25, -0.2) is 9.78 Å². The van der Waals surface area contributed by atoms with Crippen molar-refractivity contribution in [2.75, 3.05) is 0 Å². The number of aromatic carboxylic acids is 1. The van der Waals surface area contributed by atoms with E-state index in [1.807, 2.05) is 12.1 Å². The summed E-state index contributed by atoms with van der Waals surface area (Å²) in [6.45, 7) is 4.54. The molecule has 0 atom stereocenters. The van der Waals surface area contributed by atoms with E-state index in [4.69, 9.17) is 5.11 Å². The van der Waals surface area contributed by atoms with Crippen LogP contribution in [0.1, 0.15) is 51.1 Å². The fraction of sp³-hybridized carbons (Fsp3) is 0.211. The molecule has 0 fully saturated rings. The number of amides is 1. The largest absolute Gasteiger partial charge is 0.478 e. The van der Waals surface area contributed by atoms with E-state index >= 15 is 0 Å². The van der Waals surface area contributed by atoms with Gasteiger partial charge in [0, 0.05) is 18.0 Å². The molecule has 1 aromatic heterocycles. The van der Waals surface area contributed by atoms with E-state index in [9.17, 15) is 9.59 Å². The number of hydrogen-bond donors (Lipinski definition) is 2. The monoisotopic (exact) mass is 354 g/mol. The molecular weight excluding hydrogens is 336 g/mol. The Labute approximate surface area is 149 Å². The molecule has 0 aliphatic carbocycles. The highest BCUT2D eigenvalue weighted by Gasteiger charge is 2.11. The van der Waals surface area contributed by atoms with Gasteiger partial charge in [-0.15, -0.1) is 11.3 Å². The molecule has 0 radical (unpaired) electrons. The Morgan fingerprint density at radius 2 is 1.80 bits per heavy atom. The first-order chi connectivity index (χ1) is 11.9. The fourth-order valence-corrected chi connectivity index (χ4v) is 3.39. The molecule has 3 rings (SSSR count). The predicted molar refractivity (Wildman–Crippen MR) is 98.3 cm³/mol. The zero-order chi connectivity index (χ0) is 18.0. The number of benzene rings is 2. The Bertz CT molecular complexity index is 929. The van der Waals surface area contributed by atoms with Gasteiger partial charge in [0.15, 0.2) is 0 Å². The maximum absolute atomic E-state index is 12.4. The number of nitrogens with zero attached hydrogens (tertiary/aromatic N) is 1. The summed E-state index contributed by atoms with van der Waals surface area (Å²) in [5, 5.41) is 12.8. The van der Waals surface area contributed by atoms with Crippen molar-refractivity contribution in [3.05, 3.63) is 64.2 Å².